The summed E-state index contributed by atoms with van der Waals surface area (Å²) in [5.74, 6) is 0.360. The maximum atomic E-state index is 12.8. The number of fused-ring (bicyclic) bond motifs is 1. The highest BCUT2D eigenvalue weighted by atomic mass is 19.4. The van der Waals surface area contributed by atoms with E-state index in [0.717, 1.165) is 41.9 Å². The Morgan fingerprint density at radius 3 is 2.67 bits per heavy atom. The van der Waals surface area contributed by atoms with Crippen LogP contribution in [0.3, 0.4) is 0 Å². The number of aromatic amines is 1. The fraction of sp³-hybridized carbons (Fsp3) is 0.316. The highest BCUT2D eigenvalue weighted by Gasteiger charge is 2.32. The zero-order chi connectivity index (χ0) is 19.0. The van der Waals surface area contributed by atoms with Crippen LogP contribution in [0.15, 0.2) is 42.9 Å². The van der Waals surface area contributed by atoms with Gasteiger partial charge < -0.3 is 9.88 Å². The number of ketones is 1. The Hall–Kier alpha value is -2.90. The molecule has 0 saturated carbocycles. The fourth-order valence-corrected chi connectivity index (χ4v) is 3.55. The third-order valence-corrected chi connectivity index (χ3v) is 4.92. The number of H-pyrrole nitrogens is 1. The van der Waals surface area contributed by atoms with Crippen LogP contribution in [-0.4, -0.2) is 33.8 Å². The number of hydrogen-bond acceptors (Lipinski definition) is 4. The number of aromatic nitrogens is 3. The van der Waals surface area contributed by atoms with Crippen molar-refractivity contribution in [2.45, 2.75) is 19.0 Å². The number of nitrogens with zero attached hydrogens (tertiary/aromatic N) is 3. The second-order valence-corrected chi connectivity index (χ2v) is 6.66. The summed E-state index contributed by atoms with van der Waals surface area (Å²) in [7, 11) is 0. The lowest BCUT2D eigenvalue weighted by Crippen LogP contribution is -2.39. The van der Waals surface area contributed by atoms with E-state index in [0.29, 0.717) is 18.5 Å². The maximum absolute atomic E-state index is 12.8. The monoisotopic (exact) mass is 374 g/mol. The second-order valence-electron chi connectivity index (χ2n) is 6.66. The highest BCUT2D eigenvalue weighted by molar-refractivity contribution is 5.98. The largest absolute Gasteiger partial charge is 0.416 e. The second kappa shape index (κ2) is 6.68. The maximum Gasteiger partial charge on any atom is 0.416 e. The molecule has 27 heavy (non-hydrogen) atoms. The molecule has 4 rings (SSSR count). The van der Waals surface area contributed by atoms with Crippen LogP contribution in [0.1, 0.15) is 28.8 Å². The van der Waals surface area contributed by atoms with Gasteiger partial charge in [-0.2, -0.15) is 13.2 Å². The quantitative estimate of drug-likeness (QED) is 0.702. The number of carbonyl (C=O) groups excluding carboxylic acids is 1. The summed E-state index contributed by atoms with van der Waals surface area (Å²) in [5.41, 5.74) is 0.292. The lowest BCUT2D eigenvalue weighted by atomic mass is 9.89. The van der Waals surface area contributed by atoms with E-state index in [1.54, 1.807) is 6.20 Å². The summed E-state index contributed by atoms with van der Waals surface area (Å²) >= 11 is 0. The molecule has 2 aromatic heterocycles. The van der Waals surface area contributed by atoms with E-state index in [-0.39, 0.29) is 11.7 Å². The molecule has 1 aliphatic heterocycles. The topological polar surface area (TPSA) is 61.9 Å². The molecule has 1 fully saturated rings. The van der Waals surface area contributed by atoms with Gasteiger partial charge in [0.2, 0.25) is 0 Å². The van der Waals surface area contributed by atoms with Gasteiger partial charge in [0.15, 0.2) is 5.78 Å². The zero-order valence-electron chi connectivity index (χ0n) is 14.3. The standard InChI is InChI=1S/C19H17F3N4O/c20-19(21,22)14-5-3-12(4-6-14)16(27)13-2-1-9-26(10-13)18-15-7-8-23-17(15)24-11-25-18/h3-8,11,13H,1-2,9-10H2,(H,23,24,25)/t13-/m1/s1. The molecular formula is C19H17F3N4O. The average Bonchev–Trinajstić information content (AvgIpc) is 3.16. The van der Waals surface area contributed by atoms with Crippen LogP contribution in [0, 0.1) is 5.92 Å². The predicted molar refractivity (Wildman–Crippen MR) is 94.6 cm³/mol. The number of piperidine rings is 1. The summed E-state index contributed by atoms with van der Waals surface area (Å²) in [6, 6.07) is 6.34. The Morgan fingerprint density at radius 1 is 1.15 bits per heavy atom. The molecule has 0 bridgehead atoms. The Morgan fingerprint density at radius 2 is 1.93 bits per heavy atom. The molecule has 1 aromatic carbocycles. The molecule has 1 N–H and O–H groups in total. The number of anilines is 1. The molecule has 1 atom stereocenters. The van der Waals surface area contributed by atoms with Crippen molar-refractivity contribution < 1.29 is 18.0 Å². The molecule has 3 aromatic rings. The Balaban J connectivity index is 1.54. The van der Waals surface area contributed by atoms with Gasteiger partial charge in [0.25, 0.3) is 0 Å². The van der Waals surface area contributed by atoms with Gasteiger partial charge in [-0.3, -0.25) is 4.79 Å². The first kappa shape index (κ1) is 17.5. The van der Waals surface area contributed by atoms with Gasteiger partial charge in [0, 0.05) is 30.8 Å². The van der Waals surface area contributed by atoms with Gasteiger partial charge in [-0.15, -0.1) is 0 Å². The van der Waals surface area contributed by atoms with Crippen LogP contribution in [0.25, 0.3) is 11.0 Å². The van der Waals surface area contributed by atoms with Gasteiger partial charge in [-0.1, -0.05) is 12.1 Å². The van der Waals surface area contributed by atoms with E-state index in [2.05, 4.69) is 15.0 Å². The van der Waals surface area contributed by atoms with E-state index in [1.165, 1.54) is 18.5 Å². The number of hydrogen-bond donors (Lipinski definition) is 1. The third kappa shape index (κ3) is 3.39. The fourth-order valence-electron chi connectivity index (χ4n) is 3.55. The van der Waals surface area contributed by atoms with Crippen LogP contribution >= 0.6 is 0 Å². The first-order valence-electron chi connectivity index (χ1n) is 8.68. The molecule has 140 valence electrons. The van der Waals surface area contributed by atoms with Crippen LogP contribution in [0.4, 0.5) is 19.0 Å². The number of nitrogens with one attached hydrogen (secondary N) is 1. The summed E-state index contributed by atoms with van der Waals surface area (Å²) in [4.78, 5) is 26.4. The Labute approximate surface area is 153 Å². The molecule has 1 saturated heterocycles. The minimum atomic E-state index is -4.40. The molecule has 1 aliphatic rings. The summed E-state index contributed by atoms with van der Waals surface area (Å²) in [6.07, 6.45) is 0.385. The van der Waals surface area contributed by atoms with Crippen molar-refractivity contribution in [3.8, 4) is 0 Å². The lowest BCUT2D eigenvalue weighted by molar-refractivity contribution is -0.137. The van der Waals surface area contributed by atoms with Crippen molar-refractivity contribution in [2.75, 3.05) is 18.0 Å². The van der Waals surface area contributed by atoms with Gasteiger partial charge in [-0.25, -0.2) is 9.97 Å². The predicted octanol–water partition coefficient (Wildman–Crippen LogP) is 4.08. The highest BCUT2D eigenvalue weighted by Crippen LogP contribution is 2.31. The molecule has 0 unspecified atom stereocenters. The van der Waals surface area contributed by atoms with Crippen LogP contribution < -0.4 is 4.90 Å². The number of carbonyl (C=O) groups is 1. The summed E-state index contributed by atoms with van der Waals surface area (Å²) in [6.45, 7) is 1.26. The molecular weight excluding hydrogens is 357 g/mol. The normalized spacial score (nSPS) is 18.0. The van der Waals surface area contributed by atoms with Gasteiger partial charge in [-0.05, 0) is 31.0 Å². The third-order valence-electron chi connectivity index (χ3n) is 4.92. The van der Waals surface area contributed by atoms with E-state index in [1.807, 2.05) is 11.0 Å². The van der Waals surface area contributed by atoms with Crippen molar-refractivity contribution in [1.29, 1.82) is 0 Å². The number of Topliss-reactive ketones (excluding diaryl/α,β-unsaturated/α-hetero) is 1. The van der Waals surface area contributed by atoms with Crippen LogP contribution in [-0.2, 0) is 6.18 Å². The van der Waals surface area contributed by atoms with E-state index >= 15 is 0 Å². The van der Waals surface area contributed by atoms with E-state index in [9.17, 15) is 18.0 Å². The Kier molecular flexibility index (Phi) is 4.33. The van der Waals surface area contributed by atoms with Gasteiger partial charge in [0.1, 0.15) is 17.8 Å². The minimum Gasteiger partial charge on any atom is -0.355 e. The van der Waals surface area contributed by atoms with Crippen molar-refractivity contribution in [3.05, 3.63) is 54.0 Å². The number of halogens is 3. The summed E-state index contributed by atoms with van der Waals surface area (Å²) in [5, 5.41) is 0.889. The molecule has 8 heteroatoms. The first-order valence-corrected chi connectivity index (χ1v) is 8.68. The van der Waals surface area contributed by atoms with Crippen molar-refractivity contribution in [1.82, 2.24) is 15.0 Å². The Bertz CT molecular complexity index is 965. The smallest absolute Gasteiger partial charge is 0.355 e. The average molecular weight is 374 g/mol. The lowest BCUT2D eigenvalue weighted by Gasteiger charge is -2.33. The van der Waals surface area contributed by atoms with Crippen LogP contribution in [0.2, 0.25) is 0 Å². The van der Waals surface area contributed by atoms with Crippen molar-refractivity contribution in [2.24, 2.45) is 5.92 Å². The van der Waals surface area contributed by atoms with Gasteiger partial charge >= 0.3 is 6.18 Å². The summed E-state index contributed by atoms with van der Waals surface area (Å²) < 4.78 is 38.1. The molecule has 0 amide bonds. The van der Waals surface area contributed by atoms with Gasteiger partial charge in [0.05, 0.1) is 10.9 Å². The molecule has 0 spiro atoms. The van der Waals surface area contributed by atoms with Crippen LogP contribution in [0.5, 0.6) is 0 Å². The van der Waals surface area contributed by atoms with Crippen molar-refractivity contribution >= 4 is 22.6 Å². The SMILES string of the molecule is O=C(c1ccc(C(F)(F)F)cc1)[C@@H]1CCCN(c2ncnc3[nH]ccc23)C1. The van der Waals surface area contributed by atoms with E-state index in [4.69, 9.17) is 0 Å². The molecule has 3 heterocycles. The first-order chi connectivity index (χ1) is 12.9. The molecule has 0 radical (unpaired) electrons. The number of benzene rings is 1. The van der Waals surface area contributed by atoms with Crippen molar-refractivity contribution in [3.63, 3.8) is 0 Å². The molecule has 5 nitrogen and oxygen atoms in total. The minimum absolute atomic E-state index is 0.132. The van der Waals surface area contributed by atoms with E-state index < -0.39 is 11.7 Å². The molecule has 0 aliphatic carbocycles. The number of alkyl halides is 3. The zero-order valence-corrected chi connectivity index (χ0v) is 14.3. The number of rotatable bonds is 3.